The number of carbonyl (C=O) groups is 2. The van der Waals surface area contributed by atoms with Crippen LogP contribution in [0.15, 0.2) is 24.3 Å². The summed E-state index contributed by atoms with van der Waals surface area (Å²) in [7, 11) is 0. The predicted molar refractivity (Wildman–Crippen MR) is 95.7 cm³/mol. The highest BCUT2D eigenvalue weighted by Crippen LogP contribution is 2.31. The first-order chi connectivity index (χ1) is 11.7. The highest BCUT2D eigenvalue weighted by atomic mass is 32.2. The Kier molecular flexibility index (Phi) is 4.53. The number of thioether (sulfide) groups is 1. The van der Waals surface area contributed by atoms with E-state index in [9.17, 15) is 9.59 Å². The lowest BCUT2D eigenvalue weighted by molar-refractivity contribution is -0.143. The fraction of sp³-hybridized carbons (Fsp3) is 0.579. The average molecular weight is 344 g/mol. The second kappa shape index (κ2) is 6.79. The Morgan fingerprint density at radius 3 is 2.42 bits per heavy atom. The molecule has 0 N–H and O–H groups in total. The molecule has 2 saturated heterocycles. The van der Waals surface area contributed by atoms with E-state index in [0.717, 1.165) is 44.5 Å². The van der Waals surface area contributed by atoms with Crippen LogP contribution < -0.4 is 0 Å². The van der Waals surface area contributed by atoms with Crippen molar-refractivity contribution in [3.8, 4) is 0 Å². The molecule has 24 heavy (non-hydrogen) atoms. The molecule has 3 aliphatic rings. The molecule has 2 aliphatic heterocycles. The molecule has 1 aromatic rings. The highest BCUT2D eigenvalue weighted by Gasteiger charge is 2.38. The molecule has 2 fully saturated rings. The van der Waals surface area contributed by atoms with Gasteiger partial charge in [0.05, 0.1) is 5.88 Å². The number of carbonyl (C=O) groups excluding carboxylic acids is 2. The van der Waals surface area contributed by atoms with Gasteiger partial charge in [0.15, 0.2) is 0 Å². The maximum atomic E-state index is 12.8. The normalized spacial score (nSPS) is 23.8. The van der Waals surface area contributed by atoms with Crippen molar-refractivity contribution in [1.82, 2.24) is 9.80 Å². The quantitative estimate of drug-likeness (QED) is 0.845. The fourth-order valence-electron chi connectivity index (χ4n) is 4.20. The van der Waals surface area contributed by atoms with Crippen molar-refractivity contribution in [2.45, 2.75) is 38.1 Å². The average Bonchev–Trinajstić information content (AvgIpc) is 3.32. The lowest BCUT2D eigenvalue weighted by atomic mass is 10.0. The molecule has 128 valence electrons. The number of amides is 2. The van der Waals surface area contributed by atoms with E-state index in [0.29, 0.717) is 18.2 Å². The van der Waals surface area contributed by atoms with E-state index in [-0.39, 0.29) is 17.9 Å². The monoisotopic (exact) mass is 344 g/mol. The number of benzene rings is 1. The molecule has 1 aromatic carbocycles. The van der Waals surface area contributed by atoms with Crippen molar-refractivity contribution in [2.75, 3.05) is 24.7 Å². The molecular formula is C19H24N2O2S. The van der Waals surface area contributed by atoms with E-state index in [2.05, 4.69) is 24.3 Å². The minimum atomic E-state index is -0.232. The van der Waals surface area contributed by atoms with Crippen molar-refractivity contribution in [3.63, 3.8) is 0 Å². The highest BCUT2D eigenvalue weighted by molar-refractivity contribution is 7.99. The molecule has 0 saturated carbocycles. The van der Waals surface area contributed by atoms with Gasteiger partial charge < -0.3 is 9.80 Å². The zero-order chi connectivity index (χ0) is 16.5. The third-order valence-electron chi connectivity index (χ3n) is 5.50. The Bertz CT molecular complexity index is 617. The van der Waals surface area contributed by atoms with Crippen molar-refractivity contribution < 1.29 is 9.59 Å². The standard InChI is InChI=1S/C19H24N2O2S/c22-18(11-14-9-15-5-1-2-6-16(15)10-14)21-13-24-12-17(21)19(23)20-7-3-4-8-20/h1-2,5-6,14,17H,3-4,7-13H2. The molecule has 2 amide bonds. The van der Waals surface area contributed by atoms with Crippen LogP contribution in [0.4, 0.5) is 0 Å². The van der Waals surface area contributed by atoms with Crippen LogP contribution in [0, 0.1) is 5.92 Å². The van der Waals surface area contributed by atoms with E-state index in [4.69, 9.17) is 0 Å². The maximum absolute atomic E-state index is 12.8. The summed E-state index contributed by atoms with van der Waals surface area (Å²) in [4.78, 5) is 29.3. The van der Waals surface area contributed by atoms with Crippen LogP contribution >= 0.6 is 11.8 Å². The van der Waals surface area contributed by atoms with Crippen molar-refractivity contribution in [1.29, 1.82) is 0 Å². The van der Waals surface area contributed by atoms with Gasteiger partial charge in [-0.05, 0) is 42.7 Å². The van der Waals surface area contributed by atoms with Crippen LogP contribution in [-0.4, -0.2) is 52.4 Å². The van der Waals surface area contributed by atoms with Gasteiger partial charge in [-0.2, -0.15) is 0 Å². The molecule has 5 heteroatoms. The summed E-state index contributed by atoms with van der Waals surface area (Å²) in [5.74, 6) is 2.15. The molecule has 4 nitrogen and oxygen atoms in total. The van der Waals surface area contributed by atoms with Crippen LogP contribution in [-0.2, 0) is 22.4 Å². The van der Waals surface area contributed by atoms with Crippen molar-refractivity contribution in [2.24, 2.45) is 5.92 Å². The van der Waals surface area contributed by atoms with Gasteiger partial charge in [0.25, 0.3) is 0 Å². The first-order valence-corrected chi connectivity index (χ1v) is 10.1. The topological polar surface area (TPSA) is 40.6 Å². The van der Waals surface area contributed by atoms with Gasteiger partial charge in [-0.3, -0.25) is 9.59 Å². The molecule has 2 heterocycles. The van der Waals surface area contributed by atoms with E-state index in [1.807, 2.05) is 9.80 Å². The number of nitrogens with zero attached hydrogens (tertiary/aromatic N) is 2. The first kappa shape index (κ1) is 16.0. The summed E-state index contributed by atoms with van der Waals surface area (Å²) in [6, 6.07) is 8.26. The molecule has 0 aromatic heterocycles. The fourth-order valence-corrected chi connectivity index (χ4v) is 5.37. The summed E-state index contributed by atoms with van der Waals surface area (Å²) in [6.07, 6.45) is 4.75. The number of fused-ring (bicyclic) bond motifs is 1. The lowest BCUT2D eigenvalue weighted by Gasteiger charge is -2.27. The molecule has 0 spiro atoms. The molecule has 1 atom stereocenters. The second-order valence-electron chi connectivity index (χ2n) is 7.16. The van der Waals surface area contributed by atoms with Gasteiger partial charge in [-0.1, -0.05) is 24.3 Å². The number of hydrogen-bond acceptors (Lipinski definition) is 3. The number of hydrogen-bond donors (Lipinski definition) is 0. The van der Waals surface area contributed by atoms with Gasteiger partial charge in [0.2, 0.25) is 11.8 Å². The van der Waals surface area contributed by atoms with Gasteiger partial charge in [0, 0.05) is 25.3 Å². The zero-order valence-corrected chi connectivity index (χ0v) is 14.8. The van der Waals surface area contributed by atoms with Gasteiger partial charge in [0.1, 0.15) is 6.04 Å². The van der Waals surface area contributed by atoms with Gasteiger partial charge in [-0.25, -0.2) is 0 Å². The van der Waals surface area contributed by atoms with E-state index in [1.54, 1.807) is 11.8 Å². The smallest absolute Gasteiger partial charge is 0.246 e. The van der Waals surface area contributed by atoms with Crippen LogP contribution in [0.5, 0.6) is 0 Å². The van der Waals surface area contributed by atoms with E-state index < -0.39 is 0 Å². The van der Waals surface area contributed by atoms with Gasteiger partial charge in [-0.15, -0.1) is 11.8 Å². The zero-order valence-electron chi connectivity index (χ0n) is 13.9. The SMILES string of the molecule is O=C(C1CSCN1C(=O)CC1Cc2ccccc2C1)N1CCCC1. The molecule has 1 aliphatic carbocycles. The summed E-state index contributed by atoms with van der Waals surface area (Å²) >= 11 is 1.71. The summed E-state index contributed by atoms with van der Waals surface area (Å²) in [5.41, 5.74) is 2.77. The third kappa shape index (κ3) is 3.06. The van der Waals surface area contributed by atoms with Crippen LogP contribution in [0.3, 0.4) is 0 Å². The van der Waals surface area contributed by atoms with E-state index in [1.165, 1.54) is 11.1 Å². The lowest BCUT2D eigenvalue weighted by Crippen LogP contribution is -2.48. The minimum absolute atomic E-state index is 0.162. The Labute approximate surface area is 147 Å². The first-order valence-electron chi connectivity index (χ1n) is 8.95. The number of likely N-dealkylation sites (tertiary alicyclic amines) is 1. The maximum Gasteiger partial charge on any atom is 0.246 e. The molecular weight excluding hydrogens is 320 g/mol. The number of rotatable bonds is 3. The Morgan fingerprint density at radius 1 is 1.08 bits per heavy atom. The van der Waals surface area contributed by atoms with Crippen molar-refractivity contribution in [3.05, 3.63) is 35.4 Å². The second-order valence-corrected chi connectivity index (χ2v) is 8.16. The Hall–Kier alpha value is -1.49. The van der Waals surface area contributed by atoms with Gasteiger partial charge >= 0.3 is 0 Å². The summed E-state index contributed by atoms with van der Waals surface area (Å²) in [6.45, 7) is 1.72. The molecule has 0 radical (unpaired) electrons. The molecule has 4 rings (SSSR count). The third-order valence-corrected chi connectivity index (χ3v) is 6.52. The largest absolute Gasteiger partial charge is 0.341 e. The Balaban J connectivity index is 1.38. The van der Waals surface area contributed by atoms with Crippen LogP contribution in [0.1, 0.15) is 30.4 Å². The molecule has 0 bridgehead atoms. The molecule has 1 unspecified atom stereocenters. The van der Waals surface area contributed by atoms with Crippen LogP contribution in [0.2, 0.25) is 0 Å². The predicted octanol–water partition coefficient (Wildman–Crippen LogP) is 2.32. The summed E-state index contributed by atoms with van der Waals surface area (Å²) in [5, 5.41) is 0. The minimum Gasteiger partial charge on any atom is -0.341 e. The van der Waals surface area contributed by atoms with Crippen molar-refractivity contribution >= 4 is 23.6 Å². The summed E-state index contributed by atoms with van der Waals surface area (Å²) < 4.78 is 0. The van der Waals surface area contributed by atoms with Crippen LogP contribution in [0.25, 0.3) is 0 Å². The van der Waals surface area contributed by atoms with E-state index >= 15 is 0 Å². The Morgan fingerprint density at radius 2 is 1.75 bits per heavy atom.